The van der Waals surface area contributed by atoms with Crippen molar-refractivity contribution < 1.29 is 4.74 Å². The molecular weight excluding hydrogens is 329 g/mol. The maximum atomic E-state index is 6.08. The maximum Gasteiger partial charge on any atom is 0.138 e. The van der Waals surface area contributed by atoms with Crippen molar-refractivity contribution in [2.24, 2.45) is 0 Å². The lowest BCUT2D eigenvalue weighted by Crippen LogP contribution is -2.28. The molecule has 0 radical (unpaired) electrons. The quantitative estimate of drug-likeness (QED) is 0.681. The minimum atomic E-state index is 0.522. The number of likely N-dealkylation sites (N-methyl/N-ethyl adjacent to an activating group) is 1. The molecule has 0 fully saturated rings. The van der Waals surface area contributed by atoms with Gasteiger partial charge in [-0.3, -0.25) is 0 Å². The van der Waals surface area contributed by atoms with E-state index in [9.17, 15) is 0 Å². The highest BCUT2D eigenvalue weighted by molar-refractivity contribution is 6.35. The van der Waals surface area contributed by atoms with E-state index in [-0.39, 0.29) is 0 Å². The van der Waals surface area contributed by atoms with Gasteiger partial charge < -0.3 is 9.64 Å². The highest BCUT2D eigenvalue weighted by Crippen LogP contribution is 2.27. The lowest BCUT2D eigenvalue weighted by molar-refractivity contribution is 0.324. The molecule has 0 amide bonds. The van der Waals surface area contributed by atoms with Crippen molar-refractivity contribution in [1.29, 1.82) is 0 Å². The summed E-state index contributed by atoms with van der Waals surface area (Å²) in [5.41, 5.74) is 1.08. The summed E-state index contributed by atoms with van der Waals surface area (Å²) in [7, 11) is 0. The fourth-order valence-corrected chi connectivity index (χ4v) is 2.65. The summed E-state index contributed by atoms with van der Waals surface area (Å²) in [6.07, 6.45) is 0. The summed E-state index contributed by atoms with van der Waals surface area (Å²) in [6.45, 7) is 4.24. The number of ether oxygens (including phenoxy) is 1. The van der Waals surface area contributed by atoms with Crippen LogP contribution >= 0.6 is 34.8 Å². The monoisotopic (exact) mass is 343 g/mol. The molecule has 5 heteroatoms. The summed E-state index contributed by atoms with van der Waals surface area (Å²) < 4.78 is 5.71. The molecule has 0 aromatic heterocycles. The molecule has 0 atom stereocenters. The Labute approximate surface area is 140 Å². The van der Waals surface area contributed by atoms with Gasteiger partial charge in [-0.2, -0.15) is 0 Å². The van der Waals surface area contributed by atoms with Gasteiger partial charge in [0.05, 0.1) is 11.6 Å². The van der Waals surface area contributed by atoms with E-state index < -0.39 is 0 Å². The Morgan fingerprint density at radius 3 is 2.43 bits per heavy atom. The van der Waals surface area contributed by atoms with Crippen molar-refractivity contribution in [2.75, 3.05) is 24.6 Å². The SMILES string of the molecule is CCN(CCOc1ccc(Cl)cc1Cl)c1cccc(Cl)c1. The molecular formula is C16H16Cl3NO. The summed E-state index contributed by atoms with van der Waals surface area (Å²) >= 11 is 18.0. The van der Waals surface area contributed by atoms with E-state index in [2.05, 4.69) is 11.8 Å². The number of rotatable bonds is 6. The van der Waals surface area contributed by atoms with Crippen LogP contribution in [-0.2, 0) is 0 Å². The predicted molar refractivity (Wildman–Crippen MR) is 91.3 cm³/mol. The smallest absolute Gasteiger partial charge is 0.138 e. The molecule has 2 rings (SSSR count). The van der Waals surface area contributed by atoms with Crippen molar-refractivity contribution in [3.63, 3.8) is 0 Å². The third kappa shape index (κ3) is 4.70. The minimum absolute atomic E-state index is 0.522. The summed E-state index contributed by atoms with van der Waals surface area (Å²) in [6, 6.07) is 13.0. The van der Waals surface area contributed by atoms with Crippen LogP contribution in [0.3, 0.4) is 0 Å². The molecule has 0 spiro atoms. The summed E-state index contributed by atoms with van der Waals surface area (Å²) in [5.74, 6) is 0.642. The lowest BCUT2D eigenvalue weighted by Gasteiger charge is -2.23. The molecule has 0 saturated heterocycles. The van der Waals surface area contributed by atoms with E-state index >= 15 is 0 Å². The Morgan fingerprint density at radius 2 is 1.76 bits per heavy atom. The van der Waals surface area contributed by atoms with Crippen molar-refractivity contribution in [3.8, 4) is 5.75 Å². The molecule has 0 aliphatic rings. The van der Waals surface area contributed by atoms with Gasteiger partial charge >= 0.3 is 0 Å². The number of hydrogen-bond acceptors (Lipinski definition) is 2. The van der Waals surface area contributed by atoms with Crippen LogP contribution < -0.4 is 9.64 Å². The molecule has 2 nitrogen and oxygen atoms in total. The normalized spacial score (nSPS) is 10.5. The van der Waals surface area contributed by atoms with Crippen LogP contribution in [0.1, 0.15) is 6.92 Å². The molecule has 0 aliphatic carbocycles. The standard InChI is InChI=1S/C16H16Cl3NO/c1-2-20(14-5-3-4-12(17)10-14)8-9-21-16-7-6-13(18)11-15(16)19/h3-7,10-11H,2,8-9H2,1H3. The number of hydrogen-bond donors (Lipinski definition) is 0. The van der Waals surface area contributed by atoms with Gasteiger partial charge in [0.2, 0.25) is 0 Å². The van der Waals surface area contributed by atoms with Crippen LogP contribution in [0, 0.1) is 0 Å². The van der Waals surface area contributed by atoms with Crippen LogP contribution in [0.2, 0.25) is 15.1 Å². The maximum absolute atomic E-state index is 6.08. The number of nitrogens with zero attached hydrogens (tertiary/aromatic N) is 1. The Bertz CT molecular complexity index is 604. The van der Waals surface area contributed by atoms with Crippen molar-refractivity contribution >= 4 is 40.5 Å². The third-order valence-corrected chi connectivity index (χ3v) is 3.83. The Hall–Kier alpha value is -1.09. The average Bonchev–Trinajstić information content (AvgIpc) is 2.45. The van der Waals surface area contributed by atoms with Crippen molar-refractivity contribution in [3.05, 3.63) is 57.5 Å². The average molecular weight is 345 g/mol. The fraction of sp³-hybridized carbons (Fsp3) is 0.250. The molecule has 0 bridgehead atoms. The Morgan fingerprint density at radius 1 is 1.00 bits per heavy atom. The molecule has 2 aromatic carbocycles. The Kier molecular flexibility index (Phi) is 6.04. The van der Waals surface area contributed by atoms with Crippen molar-refractivity contribution in [1.82, 2.24) is 0 Å². The molecule has 0 heterocycles. The number of halogens is 3. The molecule has 0 aliphatic heterocycles. The predicted octanol–water partition coefficient (Wildman–Crippen LogP) is 5.55. The first-order chi connectivity index (χ1) is 10.1. The first-order valence-corrected chi connectivity index (χ1v) is 7.82. The van der Waals surface area contributed by atoms with Crippen LogP contribution in [0.4, 0.5) is 5.69 Å². The highest BCUT2D eigenvalue weighted by Gasteiger charge is 2.07. The molecule has 0 N–H and O–H groups in total. The van der Waals surface area contributed by atoms with Gasteiger partial charge in [0, 0.05) is 22.3 Å². The highest BCUT2D eigenvalue weighted by atomic mass is 35.5. The minimum Gasteiger partial charge on any atom is -0.490 e. The lowest BCUT2D eigenvalue weighted by atomic mass is 10.3. The second-order valence-corrected chi connectivity index (χ2v) is 5.76. The van der Waals surface area contributed by atoms with E-state index in [1.807, 2.05) is 24.3 Å². The molecule has 0 saturated carbocycles. The molecule has 0 unspecified atom stereocenters. The van der Waals surface area contributed by atoms with Crippen LogP contribution in [-0.4, -0.2) is 19.7 Å². The van der Waals surface area contributed by atoms with Gasteiger partial charge in [-0.05, 0) is 43.3 Å². The van der Waals surface area contributed by atoms with Gasteiger partial charge in [-0.25, -0.2) is 0 Å². The Balaban J connectivity index is 1.94. The van der Waals surface area contributed by atoms with Crippen LogP contribution in [0.15, 0.2) is 42.5 Å². The van der Waals surface area contributed by atoms with E-state index in [1.165, 1.54) is 0 Å². The van der Waals surface area contributed by atoms with Gasteiger partial charge in [0.1, 0.15) is 12.4 Å². The number of anilines is 1. The van der Waals surface area contributed by atoms with E-state index in [0.29, 0.717) is 22.4 Å². The summed E-state index contributed by atoms with van der Waals surface area (Å²) in [4.78, 5) is 2.19. The molecule has 112 valence electrons. The third-order valence-electron chi connectivity index (χ3n) is 3.07. The van der Waals surface area contributed by atoms with Crippen LogP contribution in [0.25, 0.3) is 0 Å². The molecule has 2 aromatic rings. The van der Waals surface area contributed by atoms with E-state index in [4.69, 9.17) is 39.5 Å². The zero-order chi connectivity index (χ0) is 15.2. The first-order valence-electron chi connectivity index (χ1n) is 6.68. The van der Waals surface area contributed by atoms with E-state index in [1.54, 1.807) is 18.2 Å². The summed E-state index contributed by atoms with van der Waals surface area (Å²) in [5, 5.41) is 1.85. The number of benzene rings is 2. The largest absolute Gasteiger partial charge is 0.490 e. The van der Waals surface area contributed by atoms with Gasteiger partial charge in [-0.15, -0.1) is 0 Å². The van der Waals surface area contributed by atoms with E-state index in [0.717, 1.165) is 23.8 Å². The second kappa shape index (κ2) is 7.79. The topological polar surface area (TPSA) is 12.5 Å². The van der Waals surface area contributed by atoms with Gasteiger partial charge in [0.15, 0.2) is 0 Å². The van der Waals surface area contributed by atoms with Gasteiger partial charge in [0.25, 0.3) is 0 Å². The van der Waals surface area contributed by atoms with Gasteiger partial charge in [-0.1, -0.05) is 40.9 Å². The zero-order valence-corrected chi connectivity index (χ0v) is 13.9. The molecule has 21 heavy (non-hydrogen) atoms. The van der Waals surface area contributed by atoms with Crippen molar-refractivity contribution in [2.45, 2.75) is 6.92 Å². The fourth-order valence-electron chi connectivity index (χ4n) is 2.00. The second-order valence-electron chi connectivity index (χ2n) is 4.48. The zero-order valence-electron chi connectivity index (χ0n) is 11.7. The van der Waals surface area contributed by atoms with Crippen LogP contribution in [0.5, 0.6) is 5.75 Å². The first kappa shape index (κ1) is 16.3.